The fourth-order valence-corrected chi connectivity index (χ4v) is 2.05. The Morgan fingerprint density at radius 3 is 2.43 bits per heavy atom. The van der Waals surface area contributed by atoms with Gasteiger partial charge in [-0.2, -0.15) is 5.10 Å². The summed E-state index contributed by atoms with van der Waals surface area (Å²) in [5.41, 5.74) is 0.678. The van der Waals surface area contributed by atoms with Crippen molar-refractivity contribution in [2.75, 3.05) is 0 Å². The molecule has 0 aliphatic rings. The first-order valence-corrected chi connectivity index (χ1v) is 7.12. The highest BCUT2D eigenvalue weighted by molar-refractivity contribution is 6.30. The van der Waals surface area contributed by atoms with Crippen LogP contribution in [0.15, 0.2) is 24.3 Å². The molecule has 1 amide bonds. The summed E-state index contributed by atoms with van der Waals surface area (Å²) < 4.78 is 1.84. The summed E-state index contributed by atoms with van der Waals surface area (Å²) >= 11 is 5.90. The van der Waals surface area contributed by atoms with Crippen LogP contribution >= 0.6 is 11.6 Å². The van der Waals surface area contributed by atoms with E-state index in [2.05, 4.69) is 15.4 Å². The third kappa shape index (κ3) is 3.82. The van der Waals surface area contributed by atoms with Crippen molar-refractivity contribution < 1.29 is 4.79 Å². The predicted molar refractivity (Wildman–Crippen MR) is 83.0 cm³/mol. The minimum absolute atomic E-state index is 0.0912. The first-order chi connectivity index (χ1) is 9.77. The highest BCUT2D eigenvalue weighted by atomic mass is 35.5. The Hall–Kier alpha value is -1.88. The van der Waals surface area contributed by atoms with Gasteiger partial charge in [0.15, 0.2) is 5.82 Å². The van der Waals surface area contributed by atoms with Gasteiger partial charge in [-0.25, -0.2) is 9.67 Å². The summed E-state index contributed by atoms with van der Waals surface area (Å²) in [5.74, 6) is 1.26. The van der Waals surface area contributed by atoms with Gasteiger partial charge in [0.2, 0.25) is 5.91 Å². The Morgan fingerprint density at radius 2 is 1.90 bits per heavy atom. The molecule has 0 unspecified atom stereocenters. The molecule has 112 valence electrons. The molecule has 5 nitrogen and oxygen atoms in total. The quantitative estimate of drug-likeness (QED) is 0.948. The molecule has 0 aliphatic carbocycles. The monoisotopic (exact) mass is 306 g/mol. The van der Waals surface area contributed by atoms with Crippen molar-refractivity contribution in [1.82, 2.24) is 20.1 Å². The fraction of sp³-hybridized carbons (Fsp3) is 0.400. The van der Waals surface area contributed by atoms with E-state index in [1.165, 1.54) is 6.92 Å². The molecule has 0 saturated heterocycles. The molecule has 0 spiro atoms. The van der Waals surface area contributed by atoms with Crippen LogP contribution in [0.3, 0.4) is 0 Å². The molecule has 0 fully saturated rings. The fourth-order valence-electron chi connectivity index (χ4n) is 1.92. The summed E-state index contributed by atoms with van der Waals surface area (Å²) in [6, 6.07) is 7.38. The number of nitrogens with zero attached hydrogens (tertiary/aromatic N) is 3. The second kappa shape index (κ2) is 5.85. The number of halogens is 1. The van der Waals surface area contributed by atoms with Gasteiger partial charge in [0, 0.05) is 17.5 Å². The molecule has 0 bridgehead atoms. The first kappa shape index (κ1) is 15.5. The number of amides is 1. The number of aromatic nitrogens is 3. The van der Waals surface area contributed by atoms with Crippen LogP contribution in [0, 0.1) is 0 Å². The normalized spacial score (nSPS) is 11.5. The molecule has 1 aromatic heterocycles. The average Bonchev–Trinajstić information content (AvgIpc) is 2.81. The topological polar surface area (TPSA) is 59.8 Å². The Balaban J connectivity index is 2.40. The summed E-state index contributed by atoms with van der Waals surface area (Å²) in [7, 11) is 0. The van der Waals surface area contributed by atoms with E-state index < -0.39 is 0 Å². The Labute approximate surface area is 129 Å². The number of nitrogens with one attached hydrogen (secondary N) is 1. The second-order valence-corrected chi connectivity index (χ2v) is 6.29. The summed E-state index contributed by atoms with van der Waals surface area (Å²) in [6.45, 7) is 7.98. The van der Waals surface area contributed by atoms with Crippen LogP contribution in [0.2, 0.25) is 5.02 Å². The van der Waals surface area contributed by atoms with Gasteiger partial charge in [-0.3, -0.25) is 4.79 Å². The Morgan fingerprint density at radius 1 is 1.29 bits per heavy atom. The van der Waals surface area contributed by atoms with Crippen LogP contribution < -0.4 is 5.32 Å². The molecule has 0 radical (unpaired) electrons. The van der Waals surface area contributed by atoms with E-state index in [0.717, 1.165) is 11.4 Å². The number of carbonyl (C=O) groups excluding carboxylic acids is 1. The summed E-state index contributed by atoms with van der Waals surface area (Å²) in [5, 5.41) is 8.01. The molecule has 2 rings (SSSR count). The van der Waals surface area contributed by atoms with Crippen LogP contribution in [0.5, 0.6) is 0 Å². The van der Waals surface area contributed by atoms with Gasteiger partial charge in [-0.05, 0) is 45.0 Å². The van der Waals surface area contributed by atoms with Crippen LogP contribution in [0.4, 0.5) is 0 Å². The maximum absolute atomic E-state index is 11.1. The Bertz CT molecular complexity index is 641. The van der Waals surface area contributed by atoms with Crippen LogP contribution in [-0.2, 0) is 16.9 Å². The number of hydrogen-bond acceptors (Lipinski definition) is 3. The molecule has 0 saturated carbocycles. The van der Waals surface area contributed by atoms with E-state index in [-0.39, 0.29) is 11.4 Å². The third-order valence-electron chi connectivity index (χ3n) is 2.91. The molecule has 1 aromatic carbocycles. The molecular formula is C15H19ClN4O. The summed E-state index contributed by atoms with van der Waals surface area (Å²) in [6.07, 6.45) is 0. The lowest BCUT2D eigenvalue weighted by Crippen LogP contribution is -2.29. The molecule has 0 aliphatic heterocycles. The van der Waals surface area contributed by atoms with Gasteiger partial charge in [0.05, 0.1) is 12.1 Å². The third-order valence-corrected chi connectivity index (χ3v) is 3.16. The highest BCUT2D eigenvalue weighted by Gasteiger charge is 2.21. The van der Waals surface area contributed by atoms with E-state index in [0.29, 0.717) is 17.4 Å². The minimum atomic E-state index is -0.217. The molecular weight excluding hydrogens is 288 g/mol. The largest absolute Gasteiger partial charge is 0.349 e. The van der Waals surface area contributed by atoms with Gasteiger partial charge in [-0.1, -0.05) is 11.6 Å². The van der Waals surface area contributed by atoms with Gasteiger partial charge in [0.1, 0.15) is 5.82 Å². The lowest BCUT2D eigenvalue weighted by Gasteiger charge is -2.21. The van der Waals surface area contributed by atoms with Crippen molar-refractivity contribution in [1.29, 1.82) is 0 Å². The van der Waals surface area contributed by atoms with Crippen molar-refractivity contribution in [3.63, 3.8) is 0 Å². The number of benzene rings is 1. The SMILES string of the molecule is CC(=O)NCc1nc(-c2ccc(Cl)cc2)nn1C(C)(C)C. The number of rotatable bonds is 3. The molecule has 21 heavy (non-hydrogen) atoms. The van der Waals surface area contributed by atoms with E-state index >= 15 is 0 Å². The van der Waals surface area contributed by atoms with Crippen LogP contribution in [0.1, 0.15) is 33.5 Å². The zero-order chi connectivity index (χ0) is 15.6. The van der Waals surface area contributed by atoms with Gasteiger partial charge >= 0.3 is 0 Å². The average molecular weight is 307 g/mol. The molecule has 1 heterocycles. The van der Waals surface area contributed by atoms with Crippen LogP contribution in [-0.4, -0.2) is 20.7 Å². The van der Waals surface area contributed by atoms with Crippen molar-refractivity contribution >= 4 is 17.5 Å². The molecule has 0 atom stereocenters. The minimum Gasteiger partial charge on any atom is -0.349 e. The molecule has 1 N–H and O–H groups in total. The van der Waals surface area contributed by atoms with Crippen molar-refractivity contribution in [2.24, 2.45) is 0 Å². The summed E-state index contributed by atoms with van der Waals surface area (Å²) in [4.78, 5) is 15.7. The first-order valence-electron chi connectivity index (χ1n) is 6.74. The Kier molecular flexibility index (Phi) is 4.32. The maximum Gasteiger partial charge on any atom is 0.217 e. The van der Waals surface area contributed by atoms with Gasteiger partial charge in [-0.15, -0.1) is 0 Å². The van der Waals surface area contributed by atoms with E-state index in [1.54, 1.807) is 0 Å². The second-order valence-electron chi connectivity index (χ2n) is 5.85. The standard InChI is InChI=1S/C15H19ClN4O/c1-10(21)17-9-13-18-14(19-20(13)15(2,3)4)11-5-7-12(16)8-6-11/h5-8H,9H2,1-4H3,(H,17,21). The van der Waals surface area contributed by atoms with Crippen LogP contribution in [0.25, 0.3) is 11.4 Å². The van der Waals surface area contributed by atoms with E-state index in [1.807, 2.05) is 49.7 Å². The van der Waals surface area contributed by atoms with E-state index in [9.17, 15) is 4.79 Å². The number of hydrogen-bond donors (Lipinski definition) is 1. The lowest BCUT2D eigenvalue weighted by molar-refractivity contribution is -0.119. The van der Waals surface area contributed by atoms with E-state index in [4.69, 9.17) is 11.6 Å². The molecule has 2 aromatic rings. The number of carbonyl (C=O) groups is 1. The zero-order valence-electron chi connectivity index (χ0n) is 12.6. The zero-order valence-corrected chi connectivity index (χ0v) is 13.4. The predicted octanol–water partition coefficient (Wildman–Crippen LogP) is 2.99. The van der Waals surface area contributed by atoms with Gasteiger partial charge < -0.3 is 5.32 Å². The lowest BCUT2D eigenvalue weighted by atomic mass is 10.1. The highest BCUT2D eigenvalue weighted by Crippen LogP contribution is 2.22. The molecule has 6 heteroatoms. The van der Waals surface area contributed by atoms with Gasteiger partial charge in [0.25, 0.3) is 0 Å². The smallest absolute Gasteiger partial charge is 0.217 e. The van der Waals surface area contributed by atoms with Crippen molar-refractivity contribution in [3.8, 4) is 11.4 Å². The maximum atomic E-state index is 11.1. The van der Waals surface area contributed by atoms with Crippen molar-refractivity contribution in [2.45, 2.75) is 39.8 Å². The van der Waals surface area contributed by atoms with Crippen molar-refractivity contribution in [3.05, 3.63) is 35.1 Å².